The van der Waals surface area contributed by atoms with E-state index in [4.69, 9.17) is 0 Å². The number of carbonyl (C=O) groups excluding carboxylic acids is 2. The average Bonchev–Trinajstić information content (AvgIpc) is 3.04. The second-order valence-electron chi connectivity index (χ2n) is 7.30. The minimum atomic E-state index is -0.596. The largest absolute Gasteiger partial charge is 0.357 e. The number of benzene rings is 1. The lowest BCUT2D eigenvalue weighted by Gasteiger charge is -2.26. The summed E-state index contributed by atoms with van der Waals surface area (Å²) in [5.74, 6) is 0.263. The molecule has 1 aliphatic heterocycles. The first-order valence-electron chi connectivity index (χ1n) is 9.28. The van der Waals surface area contributed by atoms with Crippen LogP contribution in [0.15, 0.2) is 30.3 Å². The van der Waals surface area contributed by atoms with E-state index in [9.17, 15) is 9.59 Å². The highest BCUT2D eigenvalue weighted by Crippen LogP contribution is 2.26. The van der Waals surface area contributed by atoms with Gasteiger partial charge in [0.1, 0.15) is 11.9 Å². The summed E-state index contributed by atoms with van der Waals surface area (Å²) in [5, 5.41) is 5.48. The molecule has 0 saturated carbocycles. The van der Waals surface area contributed by atoms with Crippen LogP contribution in [-0.2, 0) is 17.9 Å². The quantitative estimate of drug-likeness (QED) is 0.837. The van der Waals surface area contributed by atoms with Crippen LogP contribution in [0, 0.1) is 5.92 Å². The van der Waals surface area contributed by atoms with Crippen LogP contribution in [0.5, 0.6) is 0 Å². The second-order valence-corrected chi connectivity index (χ2v) is 7.30. The molecule has 7 heteroatoms. The lowest BCUT2D eigenvalue weighted by molar-refractivity contribution is -0.123. The van der Waals surface area contributed by atoms with Gasteiger partial charge in [0, 0.05) is 32.2 Å². The summed E-state index contributed by atoms with van der Waals surface area (Å²) >= 11 is 0. The maximum atomic E-state index is 13.0. The number of amides is 2. The third kappa shape index (κ3) is 3.88. The molecule has 7 nitrogen and oxygen atoms in total. The van der Waals surface area contributed by atoms with Gasteiger partial charge in [0.05, 0.1) is 5.69 Å². The van der Waals surface area contributed by atoms with E-state index in [1.807, 2.05) is 51.2 Å². The summed E-state index contributed by atoms with van der Waals surface area (Å²) in [6.45, 7) is 6.14. The molecule has 0 saturated heterocycles. The molecule has 0 bridgehead atoms. The van der Waals surface area contributed by atoms with E-state index in [1.165, 1.54) is 0 Å². The first kappa shape index (κ1) is 19.1. The van der Waals surface area contributed by atoms with Crippen molar-refractivity contribution in [1.82, 2.24) is 25.1 Å². The molecule has 1 aromatic carbocycles. The number of hydrogen-bond acceptors (Lipinski definition) is 4. The Balaban J connectivity index is 1.98. The minimum Gasteiger partial charge on any atom is -0.357 e. The van der Waals surface area contributed by atoms with Gasteiger partial charge in [-0.1, -0.05) is 44.2 Å². The number of imidazole rings is 1. The zero-order valence-corrected chi connectivity index (χ0v) is 16.3. The van der Waals surface area contributed by atoms with Crippen LogP contribution in [0.2, 0.25) is 0 Å². The maximum absolute atomic E-state index is 13.0. The molecule has 1 aliphatic rings. The predicted molar refractivity (Wildman–Crippen MR) is 104 cm³/mol. The van der Waals surface area contributed by atoms with Gasteiger partial charge in [-0.25, -0.2) is 4.98 Å². The van der Waals surface area contributed by atoms with Gasteiger partial charge in [0.25, 0.3) is 5.91 Å². The minimum absolute atomic E-state index is 0.0244. The first-order chi connectivity index (χ1) is 12.9. The zero-order valence-electron chi connectivity index (χ0n) is 16.3. The fraction of sp³-hybridized carbons (Fsp3) is 0.450. The maximum Gasteiger partial charge on any atom is 0.272 e. The average molecular weight is 369 g/mol. The van der Waals surface area contributed by atoms with E-state index in [1.54, 1.807) is 7.05 Å². The Labute approximate surface area is 159 Å². The van der Waals surface area contributed by atoms with Crippen LogP contribution < -0.4 is 10.6 Å². The van der Waals surface area contributed by atoms with Crippen molar-refractivity contribution >= 4 is 11.8 Å². The Morgan fingerprint density at radius 3 is 2.48 bits per heavy atom. The summed E-state index contributed by atoms with van der Waals surface area (Å²) in [5.41, 5.74) is 2.27. The zero-order chi connectivity index (χ0) is 19.6. The van der Waals surface area contributed by atoms with E-state index < -0.39 is 6.04 Å². The Morgan fingerprint density at radius 1 is 1.15 bits per heavy atom. The van der Waals surface area contributed by atoms with Crippen LogP contribution in [0.3, 0.4) is 0 Å². The van der Waals surface area contributed by atoms with Crippen molar-refractivity contribution in [2.45, 2.75) is 33.0 Å². The number of aromatic nitrogens is 2. The third-order valence-electron chi connectivity index (χ3n) is 4.93. The van der Waals surface area contributed by atoms with E-state index in [0.29, 0.717) is 12.2 Å². The molecule has 2 amide bonds. The van der Waals surface area contributed by atoms with E-state index >= 15 is 0 Å². The molecule has 0 fully saturated rings. The predicted octanol–water partition coefficient (Wildman–Crippen LogP) is 1.50. The topological polar surface area (TPSA) is 79.3 Å². The molecule has 2 aromatic rings. The molecule has 1 atom stereocenters. The summed E-state index contributed by atoms with van der Waals surface area (Å²) in [6, 6.07) is 9.29. The highest BCUT2D eigenvalue weighted by molar-refractivity contribution is 5.97. The van der Waals surface area contributed by atoms with Crippen molar-refractivity contribution in [2.75, 3.05) is 20.6 Å². The molecule has 0 aliphatic carbocycles. The summed E-state index contributed by atoms with van der Waals surface area (Å²) < 4.78 is 2.12. The summed E-state index contributed by atoms with van der Waals surface area (Å²) in [7, 11) is 3.60. The molecule has 0 unspecified atom stereocenters. The molecule has 1 aromatic heterocycles. The molecule has 3 rings (SSSR count). The summed E-state index contributed by atoms with van der Waals surface area (Å²) in [6.07, 6.45) is 0. The van der Waals surface area contributed by atoms with Crippen LogP contribution in [0.1, 0.15) is 30.0 Å². The van der Waals surface area contributed by atoms with Gasteiger partial charge in [-0.05, 0) is 13.0 Å². The number of likely N-dealkylation sites (N-methyl/N-ethyl adjacent to an activating group) is 2. The van der Waals surface area contributed by atoms with Gasteiger partial charge in [-0.3, -0.25) is 14.5 Å². The smallest absolute Gasteiger partial charge is 0.272 e. The van der Waals surface area contributed by atoms with E-state index in [0.717, 1.165) is 30.2 Å². The number of nitrogens with zero attached hydrogens (tertiary/aromatic N) is 3. The second kappa shape index (κ2) is 7.92. The van der Waals surface area contributed by atoms with Crippen molar-refractivity contribution in [3.8, 4) is 11.4 Å². The third-order valence-corrected chi connectivity index (χ3v) is 4.93. The molecule has 2 N–H and O–H groups in total. The molecule has 27 heavy (non-hydrogen) atoms. The SMILES string of the molecule is CNC(=O)[C@@H](NC(=O)c1nc(-c2ccccc2)n2c1CN(C)CC2)C(C)C. The van der Waals surface area contributed by atoms with Gasteiger partial charge in [-0.2, -0.15) is 0 Å². The van der Waals surface area contributed by atoms with Crippen molar-refractivity contribution < 1.29 is 9.59 Å². The highest BCUT2D eigenvalue weighted by Gasteiger charge is 2.30. The molecule has 0 spiro atoms. The number of hydrogen-bond donors (Lipinski definition) is 2. The van der Waals surface area contributed by atoms with Crippen LogP contribution >= 0.6 is 0 Å². The van der Waals surface area contributed by atoms with Crippen molar-refractivity contribution in [1.29, 1.82) is 0 Å². The van der Waals surface area contributed by atoms with Gasteiger partial charge < -0.3 is 15.2 Å². The van der Waals surface area contributed by atoms with E-state index in [-0.39, 0.29) is 17.7 Å². The Bertz CT molecular complexity index is 828. The number of carbonyl (C=O) groups is 2. The molecular weight excluding hydrogens is 342 g/mol. The number of fused-ring (bicyclic) bond motifs is 1. The standard InChI is InChI=1S/C20H27N5O2/c1-13(2)16(19(26)21-3)23-20(27)17-15-12-24(4)10-11-25(15)18(22-17)14-8-6-5-7-9-14/h5-9,13,16H,10-12H2,1-4H3,(H,21,26)(H,23,27)/t16-/m0/s1. The van der Waals surface area contributed by atoms with Crippen LogP contribution in [0.25, 0.3) is 11.4 Å². The first-order valence-corrected chi connectivity index (χ1v) is 9.28. The lowest BCUT2D eigenvalue weighted by atomic mass is 10.0. The Kier molecular flexibility index (Phi) is 5.60. The van der Waals surface area contributed by atoms with Gasteiger partial charge in [0.2, 0.25) is 5.91 Å². The fourth-order valence-corrected chi connectivity index (χ4v) is 3.38. The molecule has 2 heterocycles. The fourth-order valence-electron chi connectivity index (χ4n) is 3.38. The van der Waals surface area contributed by atoms with Crippen molar-refractivity contribution in [2.24, 2.45) is 5.92 Å². The van der Waals surface area contributed by atoms with Gasteiger partial charge >= 0.3 is 0 Å². The normalized spacial score (nSPS) is 15.3. The van der Waals surface area contributed by atoms with Crippen molar-refractivity contribution in [3.05, 3.63) is 41.7 Å². The lowest BCUT2D eigenvalue weighted by Crippen LogP contribution is -2.49. The number of nitrogens with one attached hydrogen (secondary N) is 2. The van der Waals surface area contributed by atoms with Crippen molar-refractivity contribution in [3.63, 3.8) is 0 Å². The monoisotopic (exact) mass is 369 g/mol. The molecule has 144 valence electrons. The van der Waals surface area contributed by atoms with Gasteiger partial charge in [-0.15, -0.1) is 0 Å². The van der Waals surface area contributed by atoms with Crippen LogP contribution in [0.4, 0.5) is 0 Å². The molecule has 0 radical (unpaired) electrons. The van der Waals surface area contributed by atoms with Crippen LogP contribution in [-0.4, -0.2) is 52.9 Å². The molecular formula is C20H27N5O2. The van der Waals surface area contributed by atoms with Gasteiger partial charge in [0.15, 0.2) is 5.69 Å². The summed E-state index contributed by atoms with van der Waals surface area (Å²) in [4.78, 5) is 32.0. The Morgan fingerprint density at radius 2 is 1.85 bits per heavy atom. The van der Waals surface area contributed by atoms with E-state index in [2.05, 4.69) is 25.1 Å². The highest BCUT2D eigenvalue weighted by atomic mass is 16.2. The number of rotatable bonds is 5. The Hall–Kier alpha value is -2.67.